The van der Waals surface area contributed by atoms with Crippen LogP contribution in [-0.2, 0) is 4.79 Å². The van der Waals surface area contributed by atoms with Crippen molar-refractivity contribution in [3.8, 4) is 0 Å². The van der Waals surface area contributed by atoms with Crippen molar-refractivity contribution in [2.75, 3.05) is 6.61 Å². The van der Waals surface area contributed by atoms with Crippen LogP contribution < -0.4 is 5.32 Å². The highest BCUT2D eigenvalue weighted by Crippen LogP contribution is 2.18. The Morgan fingerprint density at radius 2 is 2.06 bits per heavy atom. The predicted octanol–water partition coefficient (Wildman–Crippen LogP) is 1.43. The highest BCUT2D eigenvalue weighted by atomic mass is 19.1. The summed E-state index contributed by atoms with van der Waals surface area (Å²) in [6, 6.07) is 5.87. The van der Waals surface area contributed by atoms with E-state index in [2.05, 4.69) is 5.32 Å². The number of hydrogen-bond donors (Lipinski definition) is 2. The number of halogens is 1. The van der Waals surface area contributed by atoms with Crippen LogP contribution in [0.4, 0.5) is 4.39 Å². The second-order valence-electron chi connectivity index (χ2n) is 3.84. The van der Waals surface area contributed by atoms with Gasteiger partial charge in [-0.15, -0.1) is 0 Å². The Morgan fingerprint density at radius 1 is 1.44 bits per heavy atom. The quantitative estimate of drug-likeness (QED) is 0.814. The van der Waals surface area contributed by atoms with Crippen LogP contribution >= 0.6 is 0 Å². The van der Waals surface area contributed by atoms with E-state index in [1.807, 2.05) is 0 Å². The van der Waals surface area contributed by atoms with Gasteiger partial charge in [0.25, 0.3) is 0 Å². The van der Waals surface area contributed by atoms with Crippen molar-refractivity contribution in [3.05, 3.63) is 35.6 Å². The summed E-state index contributed by atoms with van der Waals surface area (Å²) in [5.74, 6) is -1.23. The van der Waals surface area contributed by atoms with Crippen LogP contribution in [0.2, 0.25) is 0 Å². The molecule has 0 aliphatic carbocycles. The molecule has 1 amide bonds. The van der Waals surface area contributed by atoms with E-state index >= 15 is 0 Å². The van der Waals surface area contributed by atoms with Gasteiger partial charge in [-0.1, -0.05) is 18.2 Å². The highest BCUT2D eigenvalue weighted by molar-refractivity contribution is 5.83. The van der Waals surface area contributed by atoms with Gasteiger partial charge in [-0.3, -0.25) is 4.79 Å². The van der Waals surface area contributed by atoms with E-state index in [4.69, 9.17) is 5.11 Å². The molecule has 0 heterocycles. The number of amides is 1. The summed E-state index contributed by atoms with van der Waals surface area (Å²) in [5, 5.41) is 11.4. The van der Waals surface area contributed by atoms with Gasteiger partial charge in [-0.2, -0.15) is 0 Å². The van der Waals surface area contributed by atoms with Gasteiger partial charge in [0.1, 0.15) is 5.82 Å². The van der Waals surface area contributed by atoms with E-state index in [9.17, 15) is 9.18 Å². The van der Waals surface area contributed by atoms with Crippen LogP contribution in [0.25, 0.3) is 0 Å². The normalized spacial score (nSPS) is 14.2. The van der Waals surface area contributed by atoms with Gasteiger partial charge in [0, 0.05) is 6.04 Å². The number of benzene rings is 1. The Labute approximate surface area is 94.3 Å². The summed E-state index contributed by atoms with van der Waals surface area (Å²) >= 11 is 0. The van der Waals surface area contributed by atoms with Crippen LogP contribution in [-0.4, -0.2) is 23.7 Å². The van der Waals surface area contributed by atoms with Crippen molar-refractivity contribution in [3.63, 3.8) is 0 Å². The fraction of sp³-hybridized carbons (Fsp3) is 0.417. The number of carbonyl (C=O) groups excluding carboxylic acids is 1. The molecule has 0 spiro atoms. The second-order valence-corrected chi connectivity index (χ2v) is 3.84. The van der Waals surface area contributed by atoms with Crippen LogP contribution in [0.5, 0.6) is 0 Å². The molecule has 0 aromatic heterocycles. The topological polar surface area (TPSA) is 49.3 Å². The lowest BCUT2D eigenvalue weighted by molar-refractivity contribution is -0.123. The first-order valence-corrected chi connectivity index (χ1v) is 5.22. The Balaban J connectivity index is 2.75. The molecule has 88 valence electrons. The van der Waals surface area contributed by atoms with Crippen molar-refractivity contribution < 1.29 is 14.3 Å². The summed E-state index contributed by atoms with van der Waals surface area (Å²) in [5.41, 5.74) is 0.366. The van der Waals surface area contributed by atoms with Crippen LogP contribution in [0.3, 0.4) is 0 Å². The lowest BCUT2D eigenvalue weighted by Gasteiger charge is -2.16. The fourth-order valence-electron chi connectivity index (χ4n) is 1.38. The van der Waals surface area contributed by atoms with Crippen LogP contribution in [0, 0.1) is 5.82 Å². The minimum atomic E-state index is -0.560. The second kappa shape index (κ2) is 5.61. The first kappa shape index (κ1) is 12.6. The molecule has 3 nitrogen and oxygen atoms in total. The van der Waals surface area contributed by atoms with E-state index in [0.29, 0.717) is 5.56 Å². The Bertz CT molecular complexity index is 368. The summed E-state index contributed by atoms with van der Waals surface area (Å²) in [6.07, 6.45) is 0. The Hall–Kier alpha value is -1.42. The maximum atomic E-state index is 13.4. The average molecular weight is 225 g/mol. The van der Waals surface area contributed by atoms with Crippen molar-refractivity contribution in [2.45, 2.75) is 25.8 Å². The number of carbonyl (C=O) groups is 1. The number of aliphatic hydroxyl groups is 1. The number of rotatable bonds is 4. The molecule has 2 atom stereocenters. The summed E-state index contributed by atoms with van der Waals surface area (Å²) in [6.45, 7) is 3.19. The molecule has 0 saturated heterocycles. The number of aliphatic hydroxyl groups excluding tert-OH is 1. The molecule has 2 N–H and O–H groups in total. The van der Waals surface area contributed by atoms with Crippen molar-refractivity contribution in [1.82, 2.24) is 5.32 Å². The molecule has 16 heavy (non-hydrogen) atoms. The Kier molecular flexibility index (Phi) is 4.43. The zero-order valence-corrected chi connectivity index (χ0v) is 9.40. The molecule has 0 bridgehead atoms. The molecule has 4 heteroatoms. The van der Waals surface area contributed by atoms with Gasteiger partial charge < -0.3 is 10.4 Å². The maximum absolute atomic E-state index is 13.4. The molecule has 0 radical (unpaired) electrons. The van der Waals surface area contributed by atoms with E-state index in [-0.39, 0.29) is 24.4 Å². The van der Waals surface area contributed by atoms with E-state index < -0.39 is 5.92 Å². The van der Waals surface area contributed by atoms with E-state index in [1.165, 1.54) is 6.07 Å². The highest BCUT2D eigenvalue weighted by Gasteiger charge is 2.19. The molecular weight excluding hydrogens is 209 g/mol. The lowest BCUT2D eigenvalue weighted by Crippen LogP contribution is -2.37. The molecule has 0 aliphatic heterocycles. The third-order valence-corrected chi connectivity index (χ3v) is 2.43. The third kappa shape index (κ3) is 3.03. The van der Waals surface area contributed by atoms with Crippen molar-refractivity contribution in [2.24, 2.45) is 0 Å². The molecule has 1 aromatic rings. The van der Waals surface area contributed by atoms with Gasteiger partial charge in [0.2, 0.25) is 5.91 Å². The van der Waals surface area contributed by atoms with Gasteiger partial charge in [-0.25, -0.2) is 4.39 Å². The third-order valence-electron chi connectivity index (χ3n) is 2.43. The number of nitrogens with one attached hydrogen (secondary N) is 1. The molecular formula is C12H16FNO2. The minimum absolute atomic E-state index is 0.129. The summed E-state index contributed by atoms with van der Waals surface area (Å²) in [4.78, 5) is 11.7. The minimum Gasteiger partial charge on any atom is -0.394 e. The SMILES string of the molecule is CC(CO)NC(=O)C(C)c1ccccc1F. The molecule has 0 aliphatic rings. The van der Waals surface area contributed by atoms with Gasteiger partial charge in [-0.05, 0) is 25.5 Å². The zero-order chi connectivity index (χ0) is 12.1. The predicted molar refractivity (Wildman–Crippen MR) is 59.5 cm³/mol. The van der Waals surface area contributed by atoms with Gasteiger partial charge >= 0.3 is 0 Å². The monoisotopic (exact) mass is 225 g/mol. The Morgan fingerprint density at radius 3 is 2.62 bits per heavy atom. The maximum Gasteiger partial charge on any atom is 0.227 e. The van der Waals surface area contributed by atoms with Crippen molar-refractivity contribution >= 4 is 5.91 Å². The molecule has 2 unspecified atom stereocenters. The molecule has 1 rings (SSSR count). The molecule has 1 aromatic carbocycles. The van der Waals surface area contributed by atoms with E-state index in [0.717, 1.165) is 0 Å². The van der Waals surface area contributed by atoms with Gasteiger partial charge in [0.15, 0.2) is 0 Å². The lowest BCUT2D eigenvalue weighted by atomic mass is 9.99. The van der Waals surface area contributed by atoms with Crippen LogP contribution in [0.1, 0.15) is 25.3 Å². The van der Waals surface area contributed by atoms with Gasteiger partial charge in [0.05, 0.1) is 12.5 Å². The summed E-state index contributed by atoms with van der Waals surface area (Å²) in [7, 11) is 0. The fourth-order valence-corrected chi connectivity index (χ4v) is 1.38. The van der Waals surface area contributed by atoms with Crippen LogP contribution in [0.15, 0.2) is 24.3 Å². The molecule has 0 fully saturated rings. The smallest absolute Gasteiger partial charge is 0.227 e. The average Bonchev–Trinajstić information content (AvgIpc) is 2.28. The largest absolute Gasteiger partial charge is 0.394 e. The molecule has 0 saturated carbocycles. The first-order chi connectivity index (χ1) is 7.56. The first-order valence-electron chi connectivity index (χ1n) is 5.22. The zero-order valence-electron chi connectivity index (χ0n) is 9.40. The number of hydrogen-bond acceptors (Lipinski definition) is 2. The van der Waals surface area contributed by atoms with Crippen molar-refractivity contribution in [1.29, 1.82) is 0 Å². The standard InChI is InChI=1S/C12H16FNO2/c1-8(7-15)14-12(16)9(2)10-5-3-4-6-11(10)13/h3-6,8-9,15H,7H2,1-2H3,(H,14,16). The summed E-state index contributed by atoms with van der Waals surface area (Å²) < 4.78 is 13.4. The van der Waals surface area contributed by atoms with E-state index in [1.54, 1.807) is 32.0 Å².